The van der Waals surface area contributed by atoms with Gasteiger partial charge in [0.25, 0.3) is 0 Å². The summed E-state index contributed by atoms with van der Waals surface area (Å²) in [6, 6.07) is 9.75. The standard InChI is InChI=1S/C15H18ClN3/c1-3-15-13(7-10(2)18-19-15)14(17)9-11-5-4-6-12(16)8-11/h4-8,14H,3,9,17H2,1-2H3. The fourth-order valence-electron chi connectivity index (χ4n) is 2.16. The smallest absolute Gasteiger partial charge is 0.0676 e. The van der Waals surface area contributed by atoms with Gasteiger partial charge in [-0.1, -0.05) is 30.7 Å². The summed E-state index contributed by atoms with van der Waals surface area (Å²) >= 11 is 5.99. The zero-order valence-electron chi connectivity index (χ0n) is 11.2. The van der Waals surface area contributed by atoms with E-state index in [1.165, 1.54) is 0 Å². The molecule has 0 saturated carbocycles. The molecule has 2 aromatic rings. The Morgan fingerprint density at radius 3 is 2.74 bits per heavy atom. The molecule has 0 aliphatic carbocycles. The second-order valence-electron chi connectivity index (χ2n) is 4.68. The van der Waals surface area contributed by atoms with Crippen LogP contribution in [0.5, 0.6) is 0 Å². The lowest BCUT2D eigenvalue weighted by Gasteiger charge is -2.15. The Balaban J connectivity index is 2.24. The molecular formula is C15H18ClN3. The SMILES string of the molecule is CCc1nnc(C)cc1C(N)Cc1cccc(Cl)c1. The van der Waals surface area contributed by atoms with Crippen LogP contribution in [-0.2, 0) is 12.8 Å². The van der Waals surface area contributed by atoms with Crippen LogP contribution in [0.3, 0.4) is 0 Å². The number of hydrogen-bond acceptors (Lipinski definition) is 3. The predicted molar refractivity (Wildman–Crippen MR) is 78.2 cm³/mol. The second-order valence-corrected chi connectivity index (χ2v) is 5.12. The van der Waals surface area contributed by atoms with Gasteiger partial charge >= 0.3 is 0 Å². The number of aromatic nitrogens is 2. The van der Waals surface area contributed by atoms with E-state index < -0.39 is 0 Å². The van der Waals surface area contributed by atoms with Crippen LogP contribution in [0.4, 0.5) is 0 Å². The molecule has 0 fully saturated rings. The second kappa shape index (κ2) is 6.13. The van der Waals surface area contributed by atoms with Crippen LogP contribution in [0.15, 0.2) is 30.3 Å². The van der Waals surface area contributed by atoms with Crippen molar-refractivity contribution in [2.24, 2.45) is 5.73 Å². The van der Waals surface area contributed by atoms with Crippen LogP contribution < -0.4 is 5.73 Å². The molecule has 1 heterocycles. The van der Waals surface area contributed by atoms with Crippen LogP contribution in [0.2, 0.25) is 5.02 Å². The Morgan fingerprint density at radius 2 is 2.05 bits per heavy atom. The Morgan fingerprint density at radius 1 is 1.26 bits per heavy atom. The lowest BCUT2D eigenvalue weighted by molar-refractivity contribution is 0.691. The molecule has 0 amide bonds. The molecule has 0 aliphatic heterocycles. The first-order chi connectivity index (χ1) is 9.10. The van der Waals surface area contributed by atoms with Crippen molar-refractivity contribution in [3.8, 4) is 0 Å². The van der Waals surface area contributed by atoms with E-state index in [1.807, 2.05) is 37.3 Å². The van der Waals surface area contributed by atoms with Crippen LogP contribution >= 0.6 is 11.6 Å². The van der Waals surface area contributed by atoms with Gasteiger partial charge in [-0.15, -0.1) is 0 Å². The van der Waals surface area contributed by atoms with E-state index in [1.54, 1.807) is 0 Å². The lowest BCUT2D eigenvalue weighted by Crippen LogP contribution is -2.17. The number of nitrogens with zero attached hydrogens (tertiary/aromatic N) is 2. The summed E-state index contributed by atoms with van der Waals surface area (Å²) in [5, 5.41) is 9.05. The minimum atomic E-state index is -0.0809. The highest BCUT2D eigenvalue weighted by molar-refractivity contribution is 6.30. The largest absolute Gasteiger partial charge is 0.324 e. The molecule has 4 heteroatoms. The molecule has 0 spiro atoms. The number of benzene rings is 1. The fourth-order valence-corrected chi connectivity index (χ4v) is 2.37. The molecule has 1 atom stereocenters. The van der Waals surface area contributed by atoms with Crippen molar-refractivity contribution in [2.75, 3.05) is 0 Å². The lowest BCUT2D eigenvalue weighted by atomic mass is 9.97. The summed E-state index contributed by atoms with van der Waals surface area (Å²) in [6.45, 7) is 4.00. The van der Waals surface area contributed by atoms with Crippen molar-refractivity contribution in [3.63, 3.8) is 0 Å². The molecule has 0 radical (unpaired) electrons. The highest BCUT2D eigenvalue weighted by atomic mass is 35.5. The topological polar surface area (TPSA) is 51.8 Å². The molecule has 100 valence electrons. The number of hydrogen-bond donors (Lipinski definition) is 1. The van der Waals surface area contributed by atoms with Gasteiger partial charge in [-0.2, -0.15) is 10.2 Å². The first kappa shape index (κ1) is 14.0. The van der Waals surface area contributed by atoms with Gasteiger partial charge in [0.1, 0.15) is 0 Å². The molecule has 0 bridgehead atoms. The maximum Gasteiger partial charge on any atom is 0.0676 e. The van der Waals surface area contributed by atoms with Crippen molar-refractivity contribution in [3.05, 3.63) is 57.9 Å². The monoisotopic (exact) mass is 275 g/mol. The Bertz CT molecular complexity index is 569. The molecule has 2 N–H and O–H groups in total. The minimum absolute atomic E-state index is 0.0809. The first-order valence-corrected chi connectivity index (χ1v) is 6.81. The van der Waals surface area contributed by atoms with E-state index in [2.05, 4.69) is 17.1 Å². The third-order valence-electron chi connectivity index (χ3n) is 3.11. The van der Waals surface area contributed by atoms with E-state index in [0.717, 1.165) is 40.4 Å². The summed E-state index contributed by atoms with van der Waals surface area (Å²) in [5.41, 5.74) is 10.4. The van der Waals surface area contributed by atoms with Gasteiger partial charge in [0.05, 0.1) is 11.4 Å². The van der Waals surface area contributed by atoms with E-state index >= 15 is 0 Å². The zero-order valence-corrected chi connectivity index (χ0v) is 12.0. The van der Waals surface area contributed by atoms with E-state index in [4.69, 9.17) is 17.3 Å². The molecule has 3 nitrogen and oxygen atoms in total. The third kappa shape index (κ3) is 3.52. The molecule has 0 aliphatic rings. The van der Waals surface area contributed by atoms with Gasteiger partial charge in [-0.3, -0.25) is 0 Å². The van der Waals surface area contributed by atoms with Crippen molar-refractivity contribution in [2.45, 2.75) is 32.7 Å². The Kier molecular flexibility index (Phi) is 4.51. The maximum absolute atomic E-state index is 6.31. The van der Waals surface area contributed by atoms with Gasteiger partial charge in [0.15, 0.2) is 0 Å². The predicted octanol–water partition coefficient (Wildman–Crippen LogP) is 3.24. The molecule has 1 aromatic heterocycles. The summed E-state index contributed by atoms with van der Waals surface area (Å²) in [6.07, 6.45) is 1.59. The number of nitrogens with two attached hydrogens (primary N) is 1. The first-order valence-electron chi connectivity index (χ1n) is 6.43. The van der Waals surface area contributed by atoms with Crippen LogP contribution in [-0.4, -0.2) is 10.2 Å². The summed E-state index contributed by atoms with van der Waals surface area (Å²) < 4.78 is 0. The van der Waals surface area contributed by atoms with Gasteiger partial charge in [0, 0.05) is 11.1 Å². The summed E-state index contributed by atoms with van der Waals surface area (Å²) in [7, 11) is 0. The van der Waals surface area contributed by atoms with Gasteiger partial charge in [-0.25, -0.2) is 0 Å². The summed E-state index contributed by atoms with van der Waals surface area (Å²) in [4.78, 5) is 0. The van der Waals surface area contributed by atoms with Crippen LogP contribution in [0, 0.1) is 6.92 Å². The van der Waals surface area contributed by atoms with Crippen molar-refractivity contribution >= 4 is 11.6 Å². The maximum atomic E-state index is 6.31. The van der Waals surface area contributed by atoms with Crippen LogP contribution in [0.25, 0.3) is 0 Å². The highest BCUT2D eigenvalue weighted by Crippen LogP contribution is 2.21. The minimum Gasteiger partial charge on any atom is -0.324 e. The molecule has 1 aromatic carbocycles. The molecule has 0 saturated heterocycles. The third-order valence-corrected chi connectivity index (χ3v) is 3.34. The van der Waals surface area contributed by atoms with E-state index in [-0.39, 0.29) is 6.04 Å². The number of halogens is 1. The van der Waals surface area contributed by atoms with Crippen molar-refractivity contribution < 1.29 is 0 Å². The molecule has 2 rings (SSSR count). The summed E-state index contributed by atoms with van der Waals surface area (Å²) in [5.74, 6) is 0. The molecule has 19 heavy (non-hydrogen) atoms. The molecular weight excluding hydrogens is 258 g/mol. The zero-order chi connectivity index (χ0) is 13.8. The molecule has 1 unspecified atom stereocenters. The quantitative estimate of drug-likeness (QED) is 0.932. The van der Waals surface area contributed by atoms with Gasteiger partial charge in [0.2, 0.25) is 0 Å². The normalized spacial score (nSPS) is 12.4. The van der Waals surface area contributed by atoms with E-state index in [9.17, 15) is 0 Å². The van der Waals surface area contributed by atoms with Crippen molar-refractivity contribution in [1.82, 2.24) is 10.2 Å². The van der Waals surface area contributed by atoms with E-state index in [0.29, 0.717) is 0 Å². The highest BCUT2D eigenvalue weighted by Gasteiger charge is 2.13. The van der Waals surface area contributed by atoms with Gasteiger partial charge in [-0.05, 0) is 49.1 Å². The fraction of sp³-hybridized carbons (Fsp3) is 0.333. The van der Waals surface area contributed by atoms with Crippen molar-refractivity contribution in [1.29, 1.82) is 0 Å². The number of rotatable bonds is 4. The Labute approximate surface area is 118 Å². The van der Waals surface area contributed by atoms with Crippen LogP contribution in [0.1, 0.15) is 35.5 Å². The Hall–Kier alpha value is -1.45. The average Bonchev–Trinajstić information content (AvgIpc) is 2.38. The average molecular weight is 276 g/mol. The number of aryl methyl sites for hydroxylation is 2. The van der Waals surface area contributed by atoms with Gasteiger partial charge < -0.3 is 5.73 Å².